The molecule has 2 saturated heterocycles. The van der Waals surface area contributed by atoms with E-state index in [-0.39, 0.29) is 23.4 Å². The van der Waals surface area contributed by atoms with Crippen LogP contribution < -0.4 is 5.30 Å². The van der Waals surface area contributed by atoms with Crippen molar-refractivity contribution in [1.82, 2.24) is 10.0 Å². The molecule has 4 aliphatic rings. The Hall–Kier alpha value is -1.41. The van der Waals surface area contributed by atoms with Crippen LogP contribution >= 0.6 is 7.92 Å². The Balaban J connectivity index is 1.63. The van der Waals surface area contributed by atoms with Gasteiger partial charge in [-0.2, -0.15) is 0 Å². The number of carbonyl (C=O) groups is 2. The maximum atomic E-state index is 13.1. The van der Waals surface area contributed by atoms with E-state index in [1.54, 1.807) is 0 Å². The smallest absolute Gasteiger partial charge is 0.242 e. The molecule has 4 nitrogen and oxygen atoms in total. The highest BCUT2D eigenvalue weighted by Gasteiger charge is 2.58. The lowest BCUT2D eigenvalue weighted by molar-refractivity contribution is -0.174. The highest BCUT2D eigenvalue weighted by Crippen LogP contribution is 2.63. The van der Waals surface area contributed by atoms with Crippen LogP contribution in [0.1, 0.15) is 64.2 Å². The summed E-state index contributed by atoms with van der Waals surface area (Å²) in [5.74, 6) is 1.95. The summed E-state index contributed by atoms with van der Waals surface area (Å²) in [5.41, 5.74) is 0. The average Bonchev–Trinajstić information content (AvgIpc) is 3.44. The zero-order valence-electron chi connectivity index (χ0n) is 15.9. The van der Waals surface area contributed by atoms with Crippen LogP contribution in [0.25, 0.3) is 0 Å². The van der Waals surface area contributed by atoms with Gasteiger partial charge < -0.3 is 0 Å². The Morgan fingerprint density at radius 2 is 1.15 bits per heavy atom. The predicted octanol–water partition coefficient (Wildman–Crippen LogP) is 4.21. The number of hydrazine groups is 1. The second-order valence-corrected chi connectivity index (χ2v) is 11.0. The molecule has 0 unspecified atom stereocenters. The summed E-state index contributed by atoms with van der Waals surface area (Å²) in [4.78, 5) is 26.1. The van der Waals surface area contributed by atoms with E-state index in [1.807, 2.05) is 10.0 Å². The molecule has 2 amide bonds. The van der Waals surface area contributed by atoms with Crippen LogP contribution in [0, 0.1) is 11.8 Å². The number of amides is 2. The van der Waals surface area contributed by atoms with Crippen LogP contribution in [0.2, 0.25) is 0 Å². The third-order valence-corrected chi connectivity index (χ3v) is 10.4. The van der Waals surface area contributed by atoms with Gasteiger partial charge in [0.2, 0.25) is 11.8 Å². The van der Waals surface area contributed by atoms with Crippen LogP contribution in [0.5, 0.6) is 0 Å². The summed E-state index contributed by atoms with van der Waals surface area (Å²) in [6, 6.07) is 10.8. The van der Waals surface area contributed by atoms with Gasteiger partial charge in [-0.05, 0) is 50.7 Å². The van der Waals surface area contributed by atoms with E-state index in [2.05, 4.69) is 30.3 Å². The number of hydrogen-bond donors (Lipinski definition) is 0. The normalized spacial score (nSPS) is 32.5. The monoisotopic (exact) mass is 384 g/mol. The lowest BCUT2D eigenvalue weighted by Crippen LogP contribution is -2.56. The summed E-state index contributed by atoms with van der Waals surface area (Å²) in [6.45, 7) is 0. The summed E-state index contributed by atoms with van der Waals surface area (Å²) in [5, 5.41) is 5.36. The summed E-state index contributed by atoms with van der Waals surface area (Å²) >= 11 is 0. The molecule has 2 saturated carbocycles. The van der Waals surface area contributed by atoms with E-state index < -0.39 is 7.92 Å². The first kappa shape index (κ1) is 17.7. The number of nitrogens with zero attached hydrogens (tertiary/aromatic N) is 2. The van der Waals surface area contributed by atoms with Crippen LogP contribution in [0.4, 0.5) is 0 Å². The maximum absolute atomic E-state index is 13.1. The minimum absolute atomic E-state index is 0.190. The van der Waals surface area contributed by atoms with Gasteiger partial charge in [0, 0.05) is 12.8 Å². The van der Waals surface area contributed by atoms with Crippen molar-refractivity contribution in [2.75, 3.05) is 0 Å². The molecule has 2 aliphatic carbocycles. The van der Waals surface area contributed by atoms with Gasteiger partial charge in [-0.25, -0.2) is 10.0 Å². The van der Waals surface area contributed by atoms with E-state index >= 15 is 0 Å². The van der Waals surface area contributed by atoms with Crippen molar-refractivity contribution in [2.45, 2.75) is 75.8 Å². The second kappa shape index (κ2) is 7.20. The lowest BCUT2D eigenvalue weighted by atomic mass is 10.1. The van der Waals surface area contributed by atoms with Gasteiger partial charge >= 0.3 is 0 Å². The van der Waals surface area contributed by atoms with Gasteiger partial charge in [-0.3, -0.25) is 9.59 Å². The van der Waals surface area contributed by atoms with Crippen molar-refractivity contribution in [3.05, 3.63) is 30.3 Å². The molecule has 5 rings (SSSR count). The zero-order valence-corrected chi connectivity index (χ0v) is 16.8. The Kier molecular flexibility index (Phi) is 4.71. The number of fused-ring (bicyclic) bond motifs is 1. The van der Waals surface area contributed by atoms with Gasteiger partial charge in [0.1, 0.15) is 0 Å². The Morgan fingerprint density at radius 1 is 0.704 bits per heavy atom. The fourth-order valence-electron chi connectivity index (χ4n) is 5.90. The molecule has 0 aromatic heterocycles. The molecular weight excluding hydrogens is 355 g/mol. The molecule has 0 spiro atoms. The number of rotatable bonds is 3. The SMILES string of the molecule is O=C1CCC(=O)N2[C@H](C3CCCC3)[P@@](c3ccccc3)[C@H](C3CCCC3)N12. The van der Waals surface area contributed by atoms with Gasteiger partial charge in [-0.15, -0.1) is 0 Å². The largest absolute Gasteiger partial charge is 0.273 e. The van der Waals surface area contributed by atoms with Crippen molar-refractivity contribution < 1.29 is 9.59 Å². The minimum atomic E-state index is -0.582. The van der Waals surface area contributed by atoms with Crippen molar-refractivity contribution in [2.24, 2.45) is 11.8 Å². The molecule has 5 heteroatoms. The first-order valence-corrected chi connectivity index (χ1v) is 12.2. The fourth-order valence-corrected chi connectivity index (χ4v) is 9.79. The molecule has 1 aromatic rings. The average molecular weight is 384 g/mol. The van der Waals surface area contributed by atoms with Crippen molar-refractivity contribution in [3.8, 4) is 0 Å². The maximum Gasteiger partial charge on any atom is 0.242 e. The standard InChI is InChI=1S/C22H29N2O2P/c25-19-14-15-20(26)24-22(17-10-6-7-11-17)27(18-12-2-1-3-13-18)21(23(19)24)16-8-4-5-9-16/h1-3,12-13,16-17,21-22H,4-11,14-15H2/t21-,22+,27+. The van der Waals surface area contributed by atoms with E-state index in [1.165, 1.54) is 56.7 Å². The zero-order chi connectivity index (χ0) is 18.4. The van der Waals surface area contributed by atoms with Crippen LogP contribution in [-0.4, -0.2) is 33.4 Å². The van der Waals surface area contributed by atoms with Crippen LogP contribution in [-0.2, 0) is 9.59 Å². The predicted molar refractivity (Wildman–Crippen MR) is 107 cm³/mol. The van der Waals surface area contributed by atoms with E-state index in [9.17, 15) is 9.59 Å². The van der Waals surface area contributed by atoms with Crippen molar-refractivity contribution in [1.29, 1.82) is 0 Å². The summed E-state index contributed by atoms with van der Waals surface area (Å²) < 4.78 is 0. The van der Waals surface area contributed by atoms with Gasteiger partial charge in [-0.1, -0.05) is 56.0 Å². The van der Waals surface area contributed by atoms with Gasteiger partial charge in [0.15, 0.2) is 0 Å². The fraction of sp³-hybridized carbons (Fsp3) is 0.636. The summed E-state index contributed by atoms with van der Waals surface area (Å²) in [6.07, 6.45) is 10.7. The lowest BCUT2D eigenvalue weighted by Gasteiger charge is -2.39. The molecule has 0 bridgehead atoms. The van der Waals surface area contributed by atoms with Crippen LogP contribution in [0.3, 0.4) is 0 Å². The molecule has 144 valence electrons. The molecule has 2 heterocycles. The molecule has 0 radical (unpaired) electrons. The van der Waals surface area contributed by atoms with E-state index in [4.69, 9.17) is 0 Å². The van der Waals surface area contributed by atoms with E-state index in [0.29, 0.717) is 24.7 Å². The first-order chi connectivity index (χ1) is 13.3. The number of benzene rings is 1. The molecule has 0 N–H and O–H groups in total. The van der Waals surface area contributed by atoms with Gasteiger partial charge in [0.05, 0.1) is 11.6 Å². The van der Waals surface area contributed by atoms with E-state index in [0.717, 1.165) is 0 Å². The first-order valence-electron chi connectivity index (χ1n) is 10.7. The quantitative estimate of drug-likeness (QED) is 0.733. The minimum Gasteiger partial charge on any atom is -0.273 e. The highest BCUT2D eigenvalue weighted by atomic mass is 31.1. The Bertz CT molecular complexity index is 670. The number of carbonyl (C=O) groups excluding carboxylic acids is 2. The van der Waals surface area contributed by atoms with Gasteiger partial charge in [0.25, 0.3) is 0 Å². The molecule has 2 aliphatic heterocycles. The molecule has 1 aromatic carbocycles. The summed E-state index contributed by atoms with van der Waals surface area (Å²) in [7, 11) is -0.582. The molecule has 4 fully saturated rings. The molecular formula is C22H29N2O2P. The topological polar surface area (TPSA) is 40.6 Å². The Morgan fingerprint density at radius 3 is 1.59 bits per heavy atom. The molecule has 3 atom stereocenters. The third kappa shape index (κ3) is 2.92. The van der Waals surface area contributed by atoms with Crippen molar-refractivity contribution >= 4 is 25.0 Å². The Labute approximate surface area is 163 Å². The van der Waals surface area contributed by atoms with Crippen molar-refractivity contribution in [3.63, 3.8) is 0 Å². The second-order valence-electron chi connectivity index (χ2n) is 8.64. The highest BCUT2D eigenvalue weighted by molar-refractivity contribution is 7.67. The number of hydrogen-bond acceptors (Lipinski definition) is 2. The third-order valence-electron chi connectivity index (χ3n) is 7.06. The van der Waals surface area contributed by atoms with Crippen LogP contribution in [0.15, 0.2) is 30.3 Å². The molecule has 27 heavy (non-hydrogen) atoms.